The van der Waals surface area contributed by atoms with Gasteiger partial charge in [-0.05, 0) is 43.4 Å². The van der Waals surface area contributed by atoms with Crippen molar-refractivity contribution in [2.45, 2.75) is 78.0 Å². The lowest BCUT2D eigenvalue weighted by molar-refractivity contribution is -0.0195. The third-order valence-corrected chi connectivity index (χ3v) is 4.51. The maximum atomic E-state index is 9.97. The molecule has 0 aromatic heterocycles. The van der Waals surface area contributed by atoms with Crippen LogP contribution in [0.15, 0.2) is 0 Å². The molecule has 0 aromatic rings. The molecule has 2 saturated carbocycles. The standard InChI is InChI=1S/C15H29NO/c1-11(2)10-16(12-5-6-12)14-9-13(17)7-8-15(14,3)4/h11-14,17H,5-10H2,1-4H3. The van der Waals surface area contributed by atoms with Crippen molar-refractivity contribution in [3.63, 3.8) is 0 Å². The van der Waals surface area contributed by atoms with Gasteiger partial charge in [-0.3, -0.25) is 4.90 Å². The first-order valence-electron chi connectivity index (χ1n) is 7.34. The van der Waals surface area contributed by atoms with E-state index in [-0.39, 0.29) is 6.10 Å². The topological polar surface area (TPSA) is 23.5 Å². The Morgan fingerprint density at radius 3 is 2.41 bits per heavy atom. The molecule has 2 aliphatic carbocycles. The number of hydrogen-bond acceptors (Lipinski definition) is 2. The Balaban J connectivity index is 2.09. The molecule has 0 radical (unpaired) electrons. The minimum absolute atomic E-state index is 0.0681. The Morgan fingerprint density at radius 2 is 1.88 bits per heavy atom. The van der Waals surface area contributed by atoms with E-state index in [1.54, 1.807) is 0 Å². The summed E-state index contributed by atoms with van der Waals surface area (Å²) in [6.07, 6.45) is 5.81. The van der Waals surface area contributed by atoms with Gasteiger partial charge in [-0.1, -0.05) is 27.7 Å². The molecule has 1 N–H and O–H groups in total. The summed E-state index contributed by atoms with van der Waals surface area (Å²) in [5, 5.41) is 9.97. The van der Waals surface area contributed by atoms with E-state index in [9.17, 15) is 5.11 Å². The van der Waals surface area contributed by atoms with E-state index in [0.29, 0.717) is 11.5 Å². The summed E-state index contributed by atoms with van der Waals surface area (Å²) >= 11 is 0. The summed E-state index contributed by atoms with van der Waals surface area (Å²) < 4.78 is 0. The van der Waals surface area contributed by atoms with Gasteiger partial charge in [0.1, 0.15) is 0 Å². The van der Waals surface area contributed by atoms with Crippen LogP contribution in [0.25, 0.3) is 0 Å². The molecule has 0 aliphatic heterocycles. The van der Waals surface area contributed by atoms with Crippen LogP contribution in [0, 0.1) is 11.3 Å². The highest BCUT2D eigenvalue weighted by Crippen LogP contribution is 2.43. The lowest BCUT2D eigenvalue weighted by Gasteiger charge is -2.47. The first-order chi connectivity index (χ1) is 7.90. The third kappa shape index (κ3) is 3.23. The van der Waals surface area contributed by atoms with Crippen molar-refractivity contribution in [2.24, 2.45) is 11.3 Å². The molecule has 2 aliphatic rings. The molecule has 0 heterocycles. The van der Waals surface area contributed by atoms with Crippen molar-refractivity contribution in [1.29, 1.82) is 0 Å². The predicted octanol–water partition coefficient (Wildman–Crippen LogP) is 3.05. The lowest BCUT2D eigenvalue weighted by Crippen LogP contribution is -2.52. The van der Waals surface area contributed by atoms with Gasteiger partial charge in [-0.15, -0.1) is 0 Å². The fourth-order valence-corrected chi connectivity index (χ4v) is 3.34. The van der Waals surface area contributed by atoms with Crippen LogP contribution in [0.3, 0.4) is 0 Å². The highest BCUT2D eigenvalue weighted by molar-refractivity contribution is 4.98. The maximum absolute atomic E-state index is 9.97. The molecule has 0 amide bonds. The number of nitrogens with zero attached hydrogens (tertiary/aromatic N) is 1. The molecule has 100 valence electrons. The smallest absolute Gasteiger partial charge is 0.0555 e. The summed E-state index contributed by atoms with van der Waals surface area (Å²) in [6.45, 7) is 10.6. The Hall–Kier alpha value is -0.0800. The van der Waals surface area contributed by atoms with Crippen molar-refractivity contribution in [3.05, 3.63) is 0 Å². The van der Waals surface area contributed by atoms with E-state index in [4.69, 9.17) is 0 Å². The molecule has 0 bridgehead atoms. The van der Waals surface area contributed by atoms with Gasteiger partial charge in [0, 0.05) is 18.6 Å². The van der Waals surface area contributed by atoms with E-state index >= 15 is 0 Å². The molecular formula is C15H29NO. The van der Waals surface area contributed by atoms with Crippen molar-refractivity contribution in [2.75, 3.05) is 6.54 Å². The van der Waals surface area contributed by atoms with Crippen LogP contribution >= 0.6 is 0 Å². The van der Waals surface area contributed by atoms with Crippen LogP contribution in [-0.2, 0) is 0 Å². The summed E-state index contributed by atoms with van der Waals surface area (Å²) in [5.74, 6) is 0.727. The summed E-state index contributed by atoms with van der Waals surface area (Å²) in [5.41, 5.74) is 0.372. The number of hydrogen-bond donors (Lipinski definition) is 1. The molecule has 17 heavy (non-hydrogen) atoms. The number of rotatable bonds is 4. The molecular weight excluding hydrogens is 210 g/mol. The maximum Gasteiger partial charge on any atom is 0.0555 e. The molecule has 2 rings (SSSR count). The first-order valence-corrected chi connectivity index (χ1v) is 7.34. The van der Waals surface area contributed by atoms with Gasteiger partial charge in [0.05, 0.1) is 6.10 Å². The van der Waals surface area contributed by atoms with Crippen LogP contribution in [-0.4, -0.2) is 34.7 Å². The molecule has 2 fully saturated rings. The summed E-state index contributed by atoms with van der Waals surface area (Å²) in [4.78, 5) is 2.72. The monoisotopic (exact) mass is 239 g/mol. The van der Waals surface area contributed by atoms with Crippen LogP contribution < -0.4 is 0 Å². The summed E-state index contributed by atoms with van der Waals surface area (Å²) in [6, 6.07) is 1.40. The minimum atomic E-state index is -0.0681. The van der Waals surface area contributed by atoms with Gasteiger partial charge in [0.15, 0.2) is 0 Å². The fraction of sp³-hybridized carbons (Fsp3) is 1.00. The number of aliphatic hydroxyl groups excluding tert-OH is 1. The van der Waals surface area contributed by atoms with Crippen LogP contribution in [0.2, 0.25) is 0 Å². The van der Waals surface area contributed by atoms with Crippen molar-refractivity contribution in [1.82, 2.24) is 4.90 Å². The van der Waals surface area contributed by atoms with Gasteiger partial charge < -0.3 is 5.11 Å². The van der Waals surface area contributed by atoms with Crippen LogP contribution in [0.1, 0.15) is 59.8 Å². The Labute approximate surface area is 106 Å². The summed E-state index contributed by atoms with van der Waals surface area (Å²) in [7, 11) is 0. The molecule has 2 nitrogen and oxygen atoms in total. The normalized spacial score (nSPS) is 33.4. The van der Waals surface area contributed by atoms with Crippen molar-refractivity contribution >= 4 is 0 Å². The molecule has 2 heteroatoms. The van der Waals surface area contributed by atoms with Crippen molar-refractivity contribution < 1.29 is 5.11 Å². The molecule has 2 unspecified atom stereocenters. The molecule has 0 aromatic carbocycles. The predicted molar refractivity (Wildman–Crippen MR) is 72.0 cm³/mol. The van der Waals surface area contributed by atoms with E-state index in [1.165, 1.54) is 25.8 Å². The second kappa shape index (κ2) is 4.89. The van der Waals surface area contributed by atoms with E-state index in [1.807, 2.05) is 0 Å². The van der Waals surface area contributed by atoms with Gasteiger partial charge in [-0.2, -0.15) is 0 Å². The first kappa shape index (κ1) is 13.4. The van der Waals surface area contributed by atoms with E-state index in [0.717, 1.165) is 24.8 Å². The third-order valence-electron chi connectivity index (χ3n) is 4.51. The average molecular weight is 239 g/mol. The van der Waals surface area contributed by atoms with Gasteiger partial charge in [0.25, 0.3) is 0 Å². The zero-order chi connectivity index (χ0) is 12.6. The van der Waals surface area contributed by atoms with Gasteiger partial charge in [-0.25, -0.2) is 0 Å². The van der Waals surface area contributed by atoms with Gasteiger partial charge in [0.2, 0.25) is 0 Å². The molecule has 0 saturated heterocycles. The van der Waals surface area contributed by atoms with E-state index < -0.39 is 0 Å². The zero-order valence-electron chi connectivity index (χ0n) is 11.9. The SMILES string of the molecule is CC(C)CN(C1CC1)C1CC(O)CCC1(C)C. The van der Waals surface area contributed by atoms with Crippen LogP contribution in [0.5, 0.6) is 0 Å². The molecule has 2 atom stereocenters. The fourth-order valence-electron chi connectivity index (χ4n) is 3.34. The Morgan fingerprint density at radius 1 is 1.24 bits per heavy atom. The van der Waals surface area contributed by atoms with E-state index in [2.05, 4.69) is 32.6 Å². The highest BCUT2D eigenvalue weighted by atomic mass is 16.3. The second-order valence-corrected chi connectivity index (χ2v) is 7.25. The van der Waals surface area contributed by atoms with Crippen LogP contribution in [0.4, 0.5) is 0 Å². The van der Waals surface area contributed by atoms with Gasteiger partial charge >= 0.3 is 0 Å². The lowest BCUT2D eigenvalue weighted by atomic mass is 9.71. The largest absolute Gasteiger partial charge is 0.393 e. The quantitative estimate of drug-likeness (QED) is 0.815. The molecule has 0 spiro atoms. The Kier molecular flexibility index (Phi) is 3.84. The highest BCUT2D eigenvalue weighted by Gasteiger charge is 2.44. The minimum Gasteiger partial charge on any atom is -0.393 e. The number of aliphatic hydroxyl groups is 1. The van der Waals surface area contributed by atoms with Crippen molar-refractivity contribution in [3.8, 4) is 0 Å². The average Bonchev–Trinajstić information content (AvgIpc) is 3.02. The Bertz CT molecular complexity index is 258. The second-order valence-electron chi connectivity index (χ2n) is 7.25. The zero-order valence-corrected chi connectivity index (χ0v) is 11.9.